The number of H-pyrrole nitrogens is 1. The summed E-state index contributed by atoms with van der Waals surface area (Å²) in [5.41, 5.74) is 2.51. The van der Waals surface area contributed by atoms with Crippen molar-refractivity contribution in [3.63, 3.8) is 0 Å². The number of ether oxygens (including phenoxy) is 1. The minimum absolute atomic E-state index is 0.111. The molecule has 2 saturated heterocycles. The molecule has 0 radical (unpaired) electrons. The summed E-state index contributed by atoms with van der Waals surface area (Å²) in [6.07, 6.45) is 6.59. The second-order valence-electron chi connectivity index (χ2n) is 10.1. The van der Waals surface area contributed by atoms with Crippen molar-refractivity contribution in [2.75, 3.05) is 4.90 Å². The first kappa shape index (κ1) is 21.8. The minimum Gasteiger partial charge on any atom is -0.373 e. The maximum atomic E-state index is 11.3. The lowest BCUT2D eigenvalue weighted by Gasteiger charge is -2.40. The summed E-state index contributed by atoms with van der Waals surface area (Å²) in [7, 11) is 0. The van der Waals surface area contributed by atoms with Crippen LogP contribution < -0.4 is 10.7 Å². The Morgan fingerprint density at radius 1 is 1.05 bits per heavy atom. The van der Waals surface area contributed by atoms with Gasteiger partial charge in [0.25, 0.3) is 0 Å². The van der Waals surface area contributed by atoms with Gasteiger partial charge in [-0.25, -0.2) is 4.79 Å². The Kier molecular flexibility index (Phi) is 5.47. The van der Waals surface area contributed by atoms with Crippen molar-refractivity contribution < 1.29 is 16.5 Å². The number of hydrogen-bond donors (Lipinski definition) is 1. The van der Waals surface area contributed by atoms with E-state index in [2.05, 4.69) is 29.7 Å². The molecule has 2 bridgehead atoms. The van der Waals surface area contributed by atoms with Gasteiger partial charge in [-0.15, -0.1) is 0 Å². The third kappa shape index (κ3) is 4.32. The Morgan fingerprint density at radius 3 is 2.45 bits per heavy atom. The average molecular weight is 556 g/mol. The zero-order chi connectivity index (χ0) is 27.6. The molecule has 38 heavy (non-hydrogen) atoms. The van der Waals surface area contributed by atoms with Crippen molar-refractivity contribution in [2.24, 2.45) is 0 Å². The first-order chi connectivity index (χ1) is 19.3. The zero-order valence-electron chi connectivity index (χ0n) is 22.2. The number of halogens is 2. The van der Waals surface area contributed by atoms with Crippen LogP contribution in [0.3, 0.4) is 0 Å². The molecule has 1 N–H and O–H groups in total. The molecule has 1 aliphatic carbocycles. The fourth-order valence-corrected chi connectivity index (χ4v) is 6.30. The van der Waals surface area contributed by atoms with E-state index in [0.717, 1.165) is 31.4 Å². The number of piperidine rings is 1. The fraction of sp³-hybridized carbons (Fsp3) is 0.407. The van der Waals surface area contributed by atoms with Crippen LogP contribution in [0.1, 0.15) is 58.5 Å². The Labute approximate surface area is 230 Å². The number of rotatable bonds is 7. The van der Waals surface area contributed by atoms with Gasteiger partial charge in [0, 0.05) is 29.1 Å². The predicted octanol–water partition coefficient (Wildman–Crippen LogP) is 5.98. The topological polar surface area (TPSA) is 110 Å². The van der Waals surface area contributed by atoms with Gasteiger partial charge in [0.1, 0.15) is 17.1 Å². The van der Waals surface area contributed by atoms with Gasteiger partial charge in [-0.3, -0.25) is 14.5 Å². The molecule has 4 aromatic rings. The van der Waals surface area contributed by atoms with Crippen LogP contribution >= 0.6 is 23.2 Å². The maximum absolute atomic E-state index is 11.3. The van der Waals surface area contributed by atoms with E-state index in [9.17, 15) is 4.79 Å². The van der Waals surface area contributed by atoms with Crippen molar-refractivity contribution in [3.8, 4) is 22.8 Å². The van der Waals surface area contributed by atoms with E-state index in [1.165, 1.54) is 0 Å². The summed E-state index contributed by atoms with van der Waals surface area (Å²) >= 11 is 13.0. The lowest BCUT2D eigenvalue weighted by molar-refractivity contribution is 0.0147. The molecule has 3 aliphatic rings. The largest absolute Gasteiger partial charge is 0.439 e. The first-order valence-electron chi connectivity index (χ1n) is 13.7. The highest BCUT2D eigenvalue weighted by Crippen LogP contribution is 2.47. The molecule has 0 spiro atoms. The molecule has 0 amide bonds. The Hall–Kier alpha value is -3.14. The molecule has 3 atom stereocenters. The normalized spacial score (nSPS) is 23.9. The number of fused-ring (bicyclic) bond motifs is 2. The van der Waals surface area contributed by atoms with Gasteiger partial charge in [0.2, 0.25) is 5.82 Å². The Balaban J connectivity index is 1.13. The van der Waals surface area contributed by atoms with Crippen molar-refractivity contribution >= 4 is 28.9 Å². The lowest BCUT2D eigenvalue weighted by Crippen LogP contribution is -2.45. The second kappa shape index (κ2) is 9.55. The summed E-state index contributed by atoms with van der Waals surface area (Å²) in [5.74, 6) is 0.278. The van der Waals surface area contributed by atoms with Crippen LogP contribution in [0.5, 0.6) is 0 Å². The number of hydrogen-bond acceptors (Lipinski definition) is 8. The summed E-state index contributed by atoms with van der Waals surface area (Å²) < 4.78 is 34.7. The highest BCUT2D eigenvalue weighted by molar-refractivity contribution is 6.39. The third-order valence-electron chi connectivity index (χ3n) is 7.61. The molecular weight excluding hydrogens is 529 g/mol. The van der Waals surface area contributed by atoms with E-state index in [0.29, 0.717) is 45.6 Å². The zero-order valence-corrected chi connectivity index (χ0v) is 21.7. The van der Waals surface area contributed by atoms with Gasteiger partial charge in [0.15, 0.2) is 0 Å². The Bertz CT molecular complexity index is 1580. The summed E-state index contributed by atoms with van der Waals surface area (Å²) in [6, 6.07) is 9.27. The molecule has 1 aromatic carbocycles. The monoisotopic (exact) mass is 555 g/mol. The van der Waals surface area contributed by atoms with E-state index in [-0.39, 0.29) is 35.5 Å². The molecule has 2 aliphatic heterocycles. The van der Waals surface area contributed by atoms with Gasteiger partial charge >= 0.3 is 5.76 Å². The van der Waals surface area contributed by atoms with Crippen LogP contribution in [0.4, 0.5) is 5.69 Å². The lowest BCUT2D eigenvalue weighted by atomic mass is 9.98. The van der Waals surface area contributed by atoms with E-state index in [1.807, 2.05) is 6.07 Å². The SMILES string of the molecule is [2H]C([2H])(OC1C[C@H]2CC[C@@H](C1)N2c1ccc(-c2noc(=O)[nH]2)nc1)c1c(-c2c(Cl)cccc2Cl)noc1C1CC1. The molecule has 3 aromatic heterocycles. The molecule has 7 rings (SSSR count). The predicted molar refractivity (Wildman–Crippen MR) is 141 cm³/mol. The number of aromatic nitrogens is 4. The molecular formula is C27H25Cl2N5O4. The number of nitrogens with zero attached hydrogens (tertiary/aromatic N) is 4. The average Bonchev–Trinajstić information content (AvgIpc) is 3.41. The van der Waals surface area contributed by atoms with Crippen molar-refractivity contribution in [1.82, 2.24) is 20.3 Å². The fourth-order valence-electron chi connectivity index (χ4n) is 5.73. The van der Waals surface area contributed by atoms with E-state index < -0.39 is 12.3 Å². The maximum Gasteiger partial charge on any atom is 0.439 e. The quantitative estimate of drug-likeness (QED) is 0.296. The van der Waals surface area contributed by atoms with Crippen molar-refractivity contribution in [1.29, 1.82) is 0 Å². The van der Waals surface area contributed by atoms with Gasteiger partial charge in [-0.2, -0.15) is 0 Å². The van der Waals surface area contributed by atoms with Crippen LogP contribution in [0.25, 0.3) is 22.8 Å². The standard InChI is InChI=1S/C27H25Cl2N5O4/c28-20-2-1-3-21(29)23(20)24-19(25(37-32-24)14-4-5-14)13-36-18-10-15-6-7-16(11-18)34(15)17-8-9-22(30-12-17)26-31-27(35)38-33-26/h1-3,8-9,12,14-16,18H,4-7,10-11,13H2,(H,31,33,35)/t15-,16+,18?/i13D2. The number of anilines is 1. The summed E-state index contributed by atoms with van der Waals surface area (Å²) in [6.45, 7) is -2.15. The second-order valence-corrected chi connectivity index (χ2v) is 10.9. The van der Waals surface area contributed by atoms with Crippen LogP contribution in [-0.2, 0) is 11.3 Å². The molecule has 11 heteroatoms. The van der Waals surface area contributed by atoms with E-state index >= 15 is 0 Å². The molecule has 9 nitrogen and oxygen atoms in total. The molecule has 1 saturated carbocycles. The molecule has 1 unspecified atom stereocenters. The summed E-state index contributed by atoms with van der Waals surface area (Å²) in [5, 5.41) is 8.69. The Morgan fingerprint density at radius 2 is 1.82 bits per heavy atom. The van der Waals surface area contributed by atoms with Crippen LogP contribution in [0.2, 0.25) is 10.0 Å². The smallest absolute Gasteiger partial charge is 0.373 e. The van der Waals surface area contributed by atoms with Crippen molar-refractivity contribution in [2.45, 2.75) is 69.2 Å². The van der Waals surface area contributed by atoms with Gasteiger partial charge in [-0.1, -0.05) is 39.6 Å². The number of nitrogens with one attached hydrogen (secondary N) is 1. The minimum atomic E-state index is -2.15. The third-order valence-corrected chi connectivity index (χ3v) is 8.24. The molecule has 196 valence electrons. The molecule has 5 heterocycles. The highest BCUT2D eigenvalue weighted by atomic mass is 35.5. The number of pyridine rings is 1. The van der Waals surface area contributed by atoms with Crippen LogP contribution in [0, 0.1) is 0 Å². The summed E-state index contributed by atoms with van der Waals surface area (Å²) in [4.78, 5) is 20.6. The van der Waals surface area contributed by atoms with Crippen LogP contribution in [-0.4, -0.2) is 38.5 Å². The van der Waals surface area contributed by atoms with E-state index in [4.69, 9.17) is 35.2 Å². The first-order valence-corrected chi connectivity index (χ1v) is 13.5. The van der Waals surface area contributed by atoms with E-state index in [1.54, 1.807) is 30.5 Å². The number of benzene rings is 1. The number of aromatic amines is 1. The van der Waals surface area contributed by atoms with Crippen molar-refractivity contribution in [3.05, 3.63) is 68.4 Å². The van der Waals surface area contributed by atoms with Gasteiger partial charge in [0.05, 0.1) is 37.3 Å². The molecule has 3 fully saturated rings. The van der Waals surface area contributed by atoms with Gasteiger partial charge in [-0.05, 0) is 62.8 Å². The van der Waals surface area contributed by atoms with Gasteiger partial charge < -0.3 is 14.2 Å². The van der Waals surface area contributed by atoms with Crippen LogP contribution in [0.15, 0.2) is 50.4 Å². The highest BCUT2D eigenvalue weighted by Gasteiger charge is 2.42.